The van der Waals surface area contributed by atoms with Gasteiger partial charge in [0.05, 0.1) is 36.3 Å². The number of carbonyl (C=O) groups excluding carboxylic acids is 3. The van der Waals surface area contributed by atoms with E-state index in [0.717, 1.165) is 5.52 Å². The number of ether oxygens (including phenoxy) is 2. The van der Waals surface area contributed by atoms with E-state index in [1.54, 1.807) is 23.7 Å². The zero-order chi connectivity index (χ0) is 27.4. The Morgan fingerprint density at radius 2 is 1.92 bits per heavy atom. The summed E-state index contributed by atoms with van der Waals surface area (Å²) in [6.45, 7) is 3.32. The largest absolute Gasteiger partial charge is 0.466 e. The van der Waals surface area contributed by atoms with Crippen molar-refractivity contribution < 1.29 is 29.0 Å². The summed E-state index contributed by atoms with van der Waals surface area (Å²) in [6, 6.07) is 14.6. The van der Waals surface area contributed by atoms with Gasteiger partial charge in [0.15, 0.2) is 0 Å². The highest BCUT2D eigenvalue weighted by Crippen LogP contribution is 2.64. The number of amides is 2. The molecule has 2 unspecified atom stereocenters. The summed E-state index contributed by atoms with van der Waals surface area (Å²) in [7, 11) is 0. The minimum atomic E-state index is -1.24. The van der Waals surface area contributed by atoms with E-state index in [-0.39, 0.29) is 13.3 Å². The SMILES string of the molecule is CCOC(=O)[C@H]1[C@H]2C(=O)N([C@H](CO)c3ccccc3)C(C(=O)NCn3nnc4ccccc43)C23CC[C@]1(C)O3. The van der Waals surface area contributed by atoms with Crippen molar-refractivity contribution in [2.24, 2.45) is 11.8 Å². The highest BCUT2D eigenvalue weighted by atomic mass is 16.6. The molecule has 0 radical (unpaired) electrons. The average Bonchev–Trinajstić information content (AvgIpc) is 3.64. The fraction of sp³-hybridized carbons (Fsp3) is 0.464. The van der Waals surface area contributed by atoms with Gasteiger partial charge in [0.25, 0.3) is 0 Å². The molecule has 11 nitrogen and oxygen atoms in total. The minimum absolute atomic E-state index is 0.0202. The van der Waals surface area contributed by atoms with Crippen LogP contribution < -0.4 is 5.32 Å². The number of esters is 1. The molecule has 204 valence electrons. The van der Waals surface area contributed by atoms with Crippen molar-refractivity contribution in [3.05, 3.63) is 60.2 Å². The number of aliphatic hydroxyl groups excluding tert-OH is 1. The number of nitrogens with zero attached hydrogens (tertiary/aromatic N) is 4. The first kappa shape index (κ1) is 25.4. The van der Waals surface area contributed by atoms with Gasteiger partial charge in [0, 0.05) is 0 Å². The molecule has 0 aliphatic carbocycles. The van der Waals surface area contributed by atoms with Gasteiger partial charge in [0.1, 0.15) is 29.7 Å². The lowest BCUT2D eigenvalue weighted by Crippen LogP contribution is -2.56. The van der Waals surface area contributed by atoms with Crippen LogP contribution in [-0.2, 0) is 30.5 Å². The van der Waals surface area contributed by atoms with Crippen LogP contribution in [0.5, 0.6) is 0 Å². The molecule has 2 aromatic carbocycles. The second-order valence-electron chi connectivity index (χ2n) is 10.6. The van der Waals surface area contributed by atoms with Crippen LogP contribution in [0.2, 0.25) is 0 Å². The van der Waals surface area contributed by atoms with Gasteiger partial charge >= 0.3 is 5.97 Å². The molecule has 3 aliphatic heterocycles. The third-order valence-electron chi connectivity index (χ3n) is 8.52. The van der Waals surface area contributed by atoms with Gasteiger partial charge in [0.2, 0.25) is 11.8 Å². The van der Waals surface area contributed by atoms with Gasteiger partial charge in [-0.05, 0) is 44.4 Å². The number of hydrogen-bond acceptors (Lipinski definition) is 8. The van der Waals surface area contributed by atoms with E-state index in [9.17, 15) is 19.5 Å². The van der Waals surface area contributed by atoms with Gasteiger partial charge in [-0.1, -0.05) is 47.7 Å². The van der Waals surface area contributed by atoms with Gasteiger partial charge in [-0.2, -0.15) is 0 Å². The predicted molar refractivity (Wildman–Crippen MR) is 138 cm³/mol. The lowest BCUT2D eigenvalue weighted by Gasteiger charge is -2.37. The Bertz CT molecular complexity index is 1430. The van der Waals surface area contributed by atoms with Gasteiger partial charge in [-0.3, -0.25) is 14.4 Å². The Labute approximate surface area is 225 Å². The molecule has 4 heterocycles. The Morgan fingerprint density at radius 1 is 1.18 bits per heavy atom. The summed E-state index contributed by atoms with van der Waals surface area (Å²) in [5.41, 5.74) is -0.0480. The molecule has 3 fully saturated rings. The molecule has 0 saturated carbocycles. The van der Waals surface area contributed by atoms with E-state index in [4.69, 9.17) is 9.47 Å². The maximum Gasteiger partial charge on any atom is 0.312 e. The second-order valence-corrected chi connectivity index (χ2v) is 10.6. The summed E-state index contributed by atoms with van der Waals surface area (Å²) in [5, 5.41) is 21.7. The molecule has 1 spiro atoms. The Kier molecular flexibility index (Phi) is 6.15. The number of likely N-dealkylation sites (tertiary alicyclic amines) is 1. The zero-order valence-electron chi connectivity index (χ0n) is 21.8. The minimum Gasteiger partial charge on any atom is -0.466 e. The first-order chi connectivity index (χ1) is 18.8. The molecule has 39 heavy (non-hydrogen) atoms. The fourth-order valence-electron chi connectivity index (χ4n) is 6.90. The average molecular weight is 534 g/mol. The molecule has 2 N–H and O–H groups in total. The molecule has 3 aliphatic rings. The topological polar surface area (TPSA) is 136 Å². The lowest BCUT2D eigenvalue weighted by molar-refractivity contribution is -0.160. The van der Waals surface area contributed by atoms with E-state index in [1.165, 1.54) is 4.90 Å². The third-order valence-corrected chi connectivity index (χ3v) is 8.52. The number of rotatable bonds is 8. The second kappa shape index (κ2) is 9.42. The van der Waals surface area contributed by atoms with Crippen molar-refractivity contribution in [2.45, 2.75) is 56.6 Å². The lowest BCUT2D eigenvalue weighted by atomic mass is 9.66. The first-order valence-corrected chi connectivity index (χ1v) is 13.3. The maximum atomic E-state index is 14.2. The smallest absolute Gasteiger partial charge is 0.312 e. The number of nitrogens with one attached hydrogen (secondary N) is 1. The fourth-order valence-corrected chi connectivity index (χ4v) is 6.90. The molecule has 11 heteroatoms. The maximum absolute atomic E-state index is 14.2. The zero-order valence-corrected chi connectivity index (χ0v) is 21.8. The normalized spacial score (nSPS) is 30.0. The highest BCUT2D eigenvalue weighted by molar-refractivity contribution is 5.98. The standard InChI is InChI=1S/C28H31N5O6/c1-3-38-26(37)22-21-25(36)33(20(15-34)17-9-5-4-6-10-17)23(28(21)14-13-27(22,2)39-28)24(35)29-16-32-19-12-8-7-11-18(19)30-31-32/h4-12,20-23,34H,3,13-16H2,1-2H3,(H,29,35)/t20-,21+,22-,23?,27+,28?/m1/s1. The Hall–Kier alpha value is -3.83. The van der Waals surface area contributed by atoms with Crippen molar-refractivity contribution in [1.29, 1.82) is 0 Å². The predicted octanol–water partition coefficient (Wildman–Crippen LogP) is 1.57. The molecule has 6 rings (SSSR count). The molecular formula is C28H31N5O6. The van der Waals surface area contributed by atoms with Crippen LogP contribution in [0.4, 0.5) is 0 Å². The summed E-state index contributed by atoms with van der Waals surface area (Å²) in [6.07, 6.45) is 0.921. The van der Waals surface area contributed by atoms with Crippen LogP contribution in [0.25, 0.3) is 11.0 Å². The monoisotopic (exact) mass is 533 g/mol. The van der Waals surface area contributed by atoms with Crippen LogP contribution in [0.15, 0.2) is 54.6 Å². The summed E-state index contributed by atoms with van der Waals surface area (Å²) >= 11 is 0. The number of benzene rings is 2. The van der Waals surface area contributed by atoms with Gasteiger partial charge < -0.3 is 24.8 Å². The highest BCUT2D eigenvalue weighted by Gasteiger charge is 2.78. The van der Waals surface area contributed by atoms with Crippen LogP contribution >= 0.6 is 0 Å². The van der Waals surface area contributed by atoms with E-state index in [0.29, 0.717) is 23.9 Å². The van der Waals surface area contributed by atoms with Crippen LogP contribution in [0, 0.1) is 11.8 Å². The number of hydrogen-bond donors (Lipinski definition) is 2. The van der Waals surface area contributed by atoms with E-state index in [1.807, 2.05) is 49.4 Å². The number of aliphatic hydroxyl groups is 1. The molecule has 1 aromatic heterocycles. The summed E-state index contributed by atoms with van der Waals surface area (Å²) < 4.78 is 13.5. The van der Waals surface area contributed by atoms with Crippen LogP contribution in [0.3, 0.4) is 0 Å². The Balaban J connectivity index is 1.39. The molecule has 3 saturated heterocycles. The molecule has 6 atom stereocenters. The number of para-hydroxylation sites is 1. The molecule has 3 aromatic rings. The Morgan fingerprint density at radius 3 is 2.67 bits per heavy atom. The van der Waals surface area contributed by atoms with Gasteiger partial charge in [-0.25, -0.2) is 4.68 Å². The van der Waals surface area contributed by atoms with E-state index >= 15 is 0 Å². The van der Waals surface area contributed by atoms with Gasteiger partial charge in [-0.15, -0.1) is 5.10 Å². The van der Waals surface area contributed by atoms with Crippen molar-refractivity contribution in [3.63, 3.8) is 0 Å². The van der Waals surface area contributed by atoms with Crippen LogP contribution in [-0.4, -0.2) is 73.2 Å². The number of aromatic nitrogens is 3. The van der Waals surface area contributed by atoms with Crippen molar-refractivity contribution in [1.82, 2.24) is 25.2 Å². The summed E-state index contributed by atoms with van der Waals surface area (Å²) in [5.74, 6) is -3.11. The molecule has 2 amide bonds. The van der Waals surface area contributed by atoms with Crippen LogP contribution in [0.1, 0.15) is 38.3 Å². The van der Waals surface area contributed by atoms with Crippen molar-refractivity contribution >= 4 is 28.8 Å². The number of carbonyl (C=O) groups is 3. The van der Waals surface area contributed by atoms with E-state index < -0.39 is 59.5 Å². The first-order valence-electron chi connectivity index (χ1n) is 13.3. The van der Waals surface area contributed by atoms with Crippen molar-refractivity contribution in [2.75, 3.05) is 13.2 Å². The van der Waals surface area contributed by atoms with Crippen molar-refractivity contribution in [3.8, 4) is 0 Å². The quantitative estimate of drug-likeness (QED) is 0.417. The molecular weight excluding hydrogens is 502 g/mol. The molecule has 2 bridgehead atoms. The summed E-state index contributed by atoms with van der Waals surface area (Å²) in [4.78, 5) is 42.9. The third kappa shape index (κ3) is 3.75. The number of fused-ring (bicyclic) bond motifs is 2. The van der Waals surface area contributed by atoms with E-state index in [2.05, 4.69) is 15.6 Å².